The number of hydrogen-bond donors (Lipinski definition) is 0. The largest absolute Gasteiger partial charge is 0.346 e. The van der Waals surface area contributed by atoms with Crippen LogP contribution in [0.25, 0.3) is 0 Å². The van der Waals surface area contributed by atoms with Crippen LogP contribution in [-0.4, -0.2) is 34.3 Å². The Balaban J connectivity index is 2.17. The highest BCUT2D eigenvalue weighted by atomic mass is 15.6. The maximum atomic E-state index is 4.08. The summed E-state index contributed by atoms with van der Waals surface area (Å²) in [6.45, 7) is 0. The van der Waals surface area contributed by atoms with Crippen molar-refractivity contribution in [2.24, 2.45) is 0 Å². The number of aromatic nitrogens is 4. The van der Waals surface area contributed by atoms with Crippen molar-refractivity contribution in [3.63, 3.8) is 0 Å². The van der Waals surface area contributed by atoms with Gasteiger partial charge in [0.1, 0.15) is 0 Å². The first-order valence-corrected chi connectivity index (χ1v) is 5.24. The van der Waals surface area contributed by atoms with Crippen molar-refractivity contribution in [3.8, 4) is 0 Å². The average molecular weight is 195 g/mol. The molecule has 0 aliphatic heterocycles. The minimum absolute atomic E-state index is 0.510. The molecular formula is C9H17N5. The van der Waals surface area contributed by atoms with Crippen molar-refractivity contribution >= 4 is 5.95 Å². The van der Waals surface area contributed by atoms with Crippen LogP contribution in [0.4, 0.5) is 5.95 Å². The molecule has 0 bridgehead atoms. The Bertz CT molecular complexity index is 287. The molecular weight excluding hydrogens is 178 g/mol. The molecule has 1 fully saturated rings. The second-order valence-corrected chi connectivity index (χ2v) is 4.11. The fourth-order valence-corrected chi connectivity index (χ4v) is 2.05. The van der Waals surface area contributed by atoms with Crippen LogP contribution in [-0.2, 0) is 0 Å². The SMILES string of the molecule is CN(C)c1nnnn1C1CCCCC1. The van der Waals surface area contributed by atoms with E-state index in [1.165, 1.54) is 32.1 Å². The Morgan fingerprint density at radius 3 is 2.57 bits per heavy atom. The van der Waals surface area contributed by atoms with E-state index in [4.69, 9.17) is 0 Å². The summed E-state index contributed by atoms with van der Waals surface area (Å²) in [5.41, 5.74) is 0. The summed E-state index contributed by atoms with van der Waals surface area (Å²) < 4.78 is 1.97. The van der Waals surface area contributed by atoms with Crippen LogP contribution in [0.1, 0.15) is 38.1 Å². The molecule has 0 N–H and O–H groups in total. The van der Waals surface area contributed by atoms with Crippen molar-refractivity contribution in [2.45, 2.75) is 38.1 Å². The minimum atomic E-state index is 0.510. The van der Waals surface area contributed by atoms with E-state index in [0.717, 1.165) is 5.95 Å². The number of rotatable bonds is 2. The number of tetrazole rings is 1. The lowest BCUT2D eigenvalue weighted by atomic mass is 9.96. The van der Waals surface area contributed by atoms with Gasteiger partial charge in [-0.25, -0.2) is 4.68 Å². The van der Waals surface area contributed by atoms with Gasteiger partial charge in [0.05, 0.1) is 6.04 Å². The van der Waals surface area contributed by atoms with Gasteiger partial charge in [0, 0.05) is 14.1 Å². The van der Waals surface area contributed by atoms with Gasteiger partial charge >= 0.3 is 0 Å². The molecule has 1 aliphatic rings. The zero-order valence-corrected chi connectivity index (χ0v) is 8.85. The third kappa shape index (κ3) is 1.71. The molecule has 1 saturated carbocycles. The van der Waals surface area contributed by atoms with Crippen LogP contribution < -0.4 is 4.90 Å². The third-order valence-electron chi connectivity index (χ3n) is 2.80. The molecule has 0 atom stereocenters. The van der Waals surface area contributed by atoms with E-state index in [2.05, 4.69) is 15.5 Å². The van der Waals surface area contributed by atoms with E-state index in [1.807, 2.05) is 23.7 Å². The van der Waals surface area contributed by atoms with Gasteiger partial charge in [0.2, 0.25) is 5.95 Å². The number of hydrogen-bond acceptors (Lipinski definition) is 4. The first-order chi connectivity index (χ1) is 6.79. The number of nitrogens with zero attached hydrogens (tertiary/aromatic N) is 5. The Morgan fingerprint density at radius 1 is 1.21 bits per heavy atom. The highest BCUT2D eigenvalue weighted by Crippen LogP contribution is 2.29. The second-order valence-electron chi connectivity index (χ2n) is 4.11. The minimum Gasteiger partial charge on any atom is -0.346 e. The molecule has 0 amide bonds. The molecule has 1 aromatic heterocycles. The zero-order chi connectivity index (χ0) is 9.97. The molecule has 0 radical (unpaired) electrons. The van der Waals surface area contributed by atoms with Gasteiger partial charge in [-0.1, -0.05) is 24.4 Å². The zero-order valence-electron chi connectivity index (χ0n) is 8.85. The second kappa shape index (κ2) is 3.94. The molecule has 1 aliphatic carbocycles. The summed E-state index contributed by atoms with van der Waals surface area (Å²) in [4.78, 5) is 1.97. The van der Waals surface area contributed by atoms with Gasteiger partial charge in [-0.05, 0) is 23.3 Å². The van der Waals surface area contributed by atoms with Crippen LogP contribution in [0.2, 0.25) is 0 Å². The van der Waals surface area contributed by atoms with Gasteiger partial charge in [-0.2, -0.15) is 0 Å². The molecule has 2 rings (SSSR count). The maximum absolute atomic E-state index is 4.08. The average Bonchev–Trinajstić information content (AvgIpc) is 2.67. The van der Waals surface area contributed by atoms with Crippen molar-refractivity contribution in [2.75, 3.05) is 19.0 Å². The summed E-state index contributed by atoms with van der Waals surface area (Å²) in [6.07, 6.45) is 6.39. The molecule has 5 heteroatoms. The van der Waals surface area contributed by atoms with Crippen LogP contribution >= 0.6 is 0 Å². The van der Waals surface area contributed by atoms with E-state index >= 15 is 0 Å². The van der Waals surface area contributed by atoms with Crippen molar-refractivity contribution in [3.05, 3.63) is 0 Å². The van der Waals surface area contributed by atoms with Crippen molar-refractivity contribution in [1.82, 2.24) is 20.2 Å². The summed E-state index contributed by atoms with van der Waals surface area (Å²) in [6, 6.07) is 0.510. The Hall–Kier alpha value is -1.13. The highest BCUT2D eigenvalue weighted by Gasteiger charge is 2.20. The lowest BCUT2D eigenvalue weighted by Gasteiger charge is -2.23. The fourth-order valence-electron chi connectivity index (χ4n) is 2.05. The summed E-state index contributed by atoms with van der Waals surface area (Å²) in [5.74, 6) is 0.872. The summed E-state index contributed by atoms with van der Waals surface area (Å²) in [7, 11) is 3.95. The normalized spacial score (nSPS) is 18.4. The van der Waals surface area contributed by atoms with Crippen LogP contribution in [0.3, 0.4) is 0 Å². The van der Waals surface area contributed by atoms with Gasteiger partial charge in [-0.3, -0.25) is 0 Å². The molecule has 5 nitrogen and oxygen atoms in total. The van der Waals surface area contributed by atoms with Gasteiger partial charge in [-0.15, -0.1) is 0 Å². The molecule has 0 saturated heterocycles. The van der Waals surface area contributed by atoms with Crippen LogP contribution in [0, 0.1) is 0 Å². The third-order valence-corrected chi connectivity index (χ3v) is 2.80. The van der Waals surface area contributed by atoms with Crippen molar-refractivity contribution < 1.29 is 0 Å². The monoisotopic (exact) mass is 195 g/mol. The first-order valence-electron chi connectivity index (χ1n) is 5.24. The predicted octanol–water partition coefficient (Wildman–Crippen LogP) is 1.24. The first kappa shape index (κ1) is 9.43. The Morgan fingerprint density at radius 2 is 1.93 bits per heavy atom. The molecule has 1 heterocycles. The van der Waals surface area contributed by atoms with E-state index in [1.54, 1.807) is 0 Å². The van der Waals surface area contributed by atoms with Gasteiger partial charge in [0.15, 0.2) is 0 Å². The standard InChI is InChI=1S/C9H17N5/c1-13(2)9-10-11-12-14(9)8-6-4-3-5-7-8/h8H,3-7H2,1-2H3. The highest BCUT2D eigenvalue weighted by molar-refractivity contribution is 5.24. The van der Waals surface area contributed by atoms with Gasteiger partial charge in [0.25, 0.3) is 0 Å². The molecule has 0 spiro atoms. The predicted molar refractivity (Wildman–Crippen MR) is 54.3 cm³/mol. The molecule has 14 heavy (non-hydrogen) atoms. The molecule has 0 unspecified atom stereocenters. The van der Waals surface area contributed by atoms with E-state index in [-0.39, 0.29) is 0 Å². The topological polar surface area (TPSA) is 46.8 Å². The van der Waals surface area contributed by atoms with E-state index < -0.39 is 0 Å². The summed E-state index contributed by atoms with van der Waals surface area (Å²) >= 11 is 0. The van der Waals surface area contributed by atoms with Crippen molar-refractivity contribution in [1.29, 1.82) is 0 Å². The quantitative estimate of drug-likeness (QED) is 0.712. The lowest BCUT2D eigenvalue weighted by molar-refractivity contribution is 0.325. The van der Waals surface area contributed by atoms with E-state index in [9.17, 15) is 0 Å². The van der Waals surface area contributed by atoms with Gasteiger partial charge < -0.3 is 4.90 Å². The Kier molecular flexibility index (Phi) is 2.65. The van der Waals surface area contributed by atoms with Crippen LogP contribution in [0.5, 0.6) is 0 Å². The van der Waals surface area contributed by atoms with Crippen LogP contribution in [0.15, 0.2) is 0 Å². The molecule has 0 aromatic carbocycles. The Labute approximate surface area is 84.1 Å². The maximum Gasteiger partial charge on any atom is 0.245 e. The summed E-state index contributed by atoms with van der Waals surface area (Å²) in [5, 5.41) is 11.8. The lowest BCUT2D eigenvalue weighted by Crippen LogP contribution is -2.21. The fraction of sp³-hybridized carbons (Fsp3) is 0.889. The molecule has 78 valence electrons. The molecule has 1 aromatic rings. The van der Waals surface area contributed by atoms with E-state index in [0.29, 0.717) is 6.04 Å². The number of anilines is 1. The smallest absolute Gasteiger partial charge is 0.245 e.